The summed E-state index contributed by atoms with van der Waals surface area (Å²) in [6.07, 6.45) is 9.13. The first kappa shape index (κ1) is 17.8. The van der Waals surface area contributed by atoms with Crippen LogP contribution in [-0.2, 0) is 4.79 Å². The highest BCUT2D eigenvalue weighted by Crippen LogP contribution is 2.35. The van der Waals surface area contributed by atoms with Crippen molar-refractivity contribution >= 4 is 12.0 Å². The molecule has 5 nitrogen and oxygen atoms in total. The van der Waals surface area contributed by atoms with Crippen molar-refractivity contribution in [3.8, 4) is 11.5 Å². The van der Waals surface area contributed by atoms with Crippen LogP contribution in [0.3, 0.4) is 0 Å². The van der Waals surface area contributed by atoms with Crippen LogP contribution in [0.5, 0.6) is 11.5 Å². The third-order valence-corrected chi connectivity index (χ3v) is 4.84. The van der Waals surface area contributed by atoms with E-state index in [1.807, 2.05) is 31.2 Å². The maximum atomic E-state index is 12.3. The molecule has 1 aliphatic heterocycles. The average Bonchev–Trinajstić information content (AvgIpc) is 3.26. The van der Waals surface area contributed by atoms with Gasteiger partial charge in [0.1, 0.15) is 0 Å². The van der Waals surface area contributed by atoms with Crippen LogP contribution >= 0.6 is 0 Å². The van der Waals surface area contributed by atoms with Gasteiger partial charge in [0.2, 0.25) is 5.91 Å². The van der Waals surface area contributed by atoms with Gasteiger partial charge in [-0.3, -0.25) is 4.79 Å². The number of hydrogen-bond donors (Lipinski definition) is 1. The van der Waals surface area contributed by atoms with Gasteiger partial charge in [-0.2, -0.15) is 0 Å². The van der Waals surface area contributed by atoms with Gasteiger partial charge in [0.25, 0.3) is 0 Å². The number of ether oxygens (including phenoxy) is 2. The van der Waals surface area contributed by atoms with E-state index in [0.717, 1.165) is 42.9 Å². The Morgan fingerprint density at radius 1 is 1.32 bits per heavy atom. The molecule has 1 saturated carbocycles. The number of carbonyl (C=O) groups excluding carboxylic acids is 1. The third kappa shape index (κ3) is 4.54. The smallest absolute Gasteiger partial charge is 0.246 e. The number of rotatable bonds is 6. The Kier molecular flexibility index (Phi) is 5.97. The Hall–Kier alpha value is -2.01. The predicted octanol–water partition coefficient (Wildman–Crippen LogP) is 2.98. The summed E-state index contributed by atoms with van der Waals surface area (Å²) in [5.41, 5.74) is 6.77. The SMILES string of the molecule is CCOc1cccc(C=CC(=O)N2CCC(N)C2)c1OC1CCCC1. The van der Waals surface area contributed by atoms with Crippen LogP contribution in [0.4, 0.5) is 0 Å². The molecular formula is C20H28N2O3. The number of para-hydroxylation sites is 1. The zero-order valence-electron chi connectivity index (χ0n) is 14.9. The highest BCUT2D eigenvalue weighted by Gasteiger charge is 2.23. The van der Waals surface area contributed by atoms with Crippen LogP contribution in [-0.4, -0.2) is 42.6 Å². The van der Waals surface area contributed by atoms with Crippen molar-refractivity contribution in [2.75, 3.05) is 19.7 Å². The lowest BCUT2D eigenvalue weighted by molar-refractivity contribution is -0.124. The number of amides is 1. The van der Waals surface area contributed by atoms with E-state index in [9.17, 15) is 4.79 Å². The molecule has 1 amide bonds. The number of benzene rings is 1. The summed E-state index contributed by atoms with van der Waals surface area (Å²) in [5, 5.41) is 0. The summed E-state index contributed by atoms with van der Waals surface area (Å²) in [4.78, 5) is 14.1. The molecule has 0 radical (unpaired) electrons. The quantitative estimate of drug-likeness (QED) is 0.806. The van der Waals surface area contributed by atoms with E-state index < -0.39 is 0 Å². The first-order chi connectivity index (χ1) is 12.2. The lowest BCUT2D eigenvalue weighted by Crippen LogP contribution is -2.30. The van der Waals surface area contributed by atoms with Gasteiger partial charge in [0.15, 0.2) is 11.5 Å². The second-order valence-electron chi connectivity index (χ2n) is 6.80. The third-order valence-electron chi connectivity index (χ3n) is 4.84. The number of carbonyl (C=O) groups is 1. The van der Waals surface area contributed by atoms with E-state index in [2.05, 4.69) is 0 Å². The molecule has 25 heavy (non-hydrogen) atoms. The summed E-state index contributed by atoms with van der Waals surface area (Å²) in [7, 11) is 0. The van der Waals surface area contributed by atoms with Crippen LogP contribution in [0.15, 0.2) is 24.3 Å². The molecule has 1 heterocycles. The Morgan fingerprint density at radius 3 is 2.80 bits per heavy atom. The highest BCUT2D eigenvalue weighted by atomic mass is 16.5. The van der Waals surface area contributed by atoms with E-state index in [0.29, 0.717) is 13.2 Å². The maximum absolute atomic E-state index is 12.3. The van der Waals surface area contributed by atoms with Gasteiger partial charge in [0, 0.05) is 30.8 Å². The number of nitrogens with zero attached hydrogens (tertiary/aromatic N) is 1. The Morgan fingerprint density at radius 2 is 2.12 bits per heavy atom. The summed E-state index contributed by atoms with van der Waals surface area (Å²) < 4.78 is 12.0. The second kappa shape index (κ2) is 8.39. The normalized spacial score (nSPS) is 21.2. The van der Waals surface area contributed by atoms with Gasteiger partial charge in [-0.05, 0) is 51.2 Å². The fourth-order valence-electron chi connectivity index (χ4n) is 3.49. The summed E-state index contributed by atoms with van der Waals surface area (Å²) in [6, 6.07) is 5.92. The summed E-state index contributed by atoms with van der Waals surface area (Å²) >= 11 is 0. The van der Waals surface area contributed by atoms with Gasteiger partial charge >= 0.3 is 0 Å². The Balaban J connectivity index is 1.77. The van der Waals surface area contributed by atoms with Gasteiger partial charge in [-0.1, -0.05) is 12.1 Å². The van der Waals surface area contributed by atoms with Crippen molar-refractivity contribution in [1.82, 2.24) is 4.90 Å². The standard InChI is InChI=1S/C20H28N2O3/c1-2-24-18-9-5-6-15(20(18)25-17-7-3-4-8-17)10-11-19(23)22-13-12-16(21)14-22/h5-6,9-11,16-17H,2-4,7-8,12-14,21H2,1H3. The van der Waals surface area contributed by atoms with Crippen molar-refractivity contribution in [1.29, 1.82) is 0 Å². The molecule has 0 aromatic heterocycles. The van der Waals surface area contributed by atoms with Gasteiger partial charge in [-0.15, -0.1) is 0 Å². The Bertz CT molecular complexity index is 623. The minimum atomic E-state index is 0.00146. The van der Waals surface area contributed by atoms with Crippen LogP contribution in [0.2, 0.25) is 0 Å². The van der Waals surface area contributed by atoms with Gasteiger partial charge < -0.3 is 20.1 Å². The molecular weight excluding hydrogens is 316 g/mol. The molecule has 1 aromatic carbocycles. The molecule has 1 saturated heterocycles. The molecule has 5 heteroatoms. The molecule has 1 aliphatic carbocycles. The van der Waals surface area contributed by atoms with Crippen molar-refractivity contribution in [2.45, 2.75) is 51.2 Å². The molecule has 2 aliphatic rings. The topological polar surface area (TPSA) is 64.8 Å². The molecule has 0 bridgehead atoms. The monoisotopic (exact) mass is 344 g/mol. The molecule has 1 atom stereocenters. The van der Waals surface area contributed by atoms with Crippen molar-refractivity contribution in [2.24, 2.45) is 5.73 Å². The summed E-state index contributed by atoms with van der Waals surface area (Å²) in [6.45, 7) is 3.91. The lowest BCUT2D eigenvalue weighted by Gasteiger charge is -2.19. The molecule has 0 spiro atoms. The van der Waals surface area contributed by atoms with E-state index >= 15 is 0 Å². The van der Waals surface area contributed by atoms with Gasteiger partial charge in [-0.25, -0.2) is 0 Å². The van der Waals surface area contributed by atoms with Crippen molar-refractivity contribution in [3.63, 3.8) is 0 Å². The fraction of sp³-hybridized carbons (Fsp3) is 0.550. The van der Waals surface area contributed by atoms with Crippen molar-refractivity contribution < 1.29 is 14.3 Å². The minimum absolute atomic E-state index is 0.00146. The second-order valence-corrected chi connectivity index (χ2v) is 6.80. The average molecular weight is 344 g/mol. The van der Waals surface area contributed by atoms with E-state index in [-0.39, 0.29) is 18.1 Å². The first-order valence-corrected chi connectivity index (χ1v) is 9.32. The van der Waals surface area contributed by atoms with E-state index in [1.165, 1.54) is 12.8 Å². The molecule has 136 valence electrons. The fourth-order valence-corrected chi connectivity index (χ4v) is 3.49. The zero-order valence-corrected chi connectivity index (χ0v) is 14.9. The largest absolute Gasteiger partial charge is 0.490 e. The maximum Gasteiger partial charge on any atom is 0.246 e. The number of hydrogen-bond acceptors (Lipinski definition) is 4. The molecule has 1 aromatic rings. The van der Waals surface area contributed by atoms with E-state index in [1.54, 1.807) is 11.0 Å². The number of likely N-dealkylation sites (tertiary alicyclic amines) is 1. The summed E-state index contributed by atoms with van der Waals surface area (Å²) in [5.74, 6) is 1.49. The zero-order chi connectivity index (χ0) is 17.6. The minimum Gasteiger partial charge on any atom is -0.490 e. The highest BCUT2D eigenvalue weighted by molar-refractivity contribution is 5.92. The van der Waals surface area contributed by atoms with Gasteiger partial charge in [0.05, 0.1) is 12.7 Å². The van der Waals surface area contributed by atoms with Crippen LogP contribution in [0, 0.1) is 0 Å². The first-order valence-electron chi connectivity index (χ1n) is 9.32. The van der Waals surface area contributed by atoms with Crippen LogP contribution < -0.4 is 15.2 Å². The molecule has 3 rings (SSSR count). The molecule has 2 N–H and O–H groups in total. The van der Waals surface area contributed by atoms with E-state index in [4.69, 9.17) is 15.2 Å². The lowest BCUT2D eigenvalue weighted by atomic mass is 10.1. The number of nitrogens with two attached hydrogens (primary N) is 1. The van der Waals surface area contributed by atoms with Crippen LogP contribution in [0.1, 0.15) is 44.6 Å². The Labute approximate surface area is 149 Å². The van der Waals surface area contributed by atoms with Crippen LogP contribution in [0.25, 0.3) is 6.08 Å². The predicted molar refractivity (Wildman–Crippen MR) is 98.7 cm³/mol. The van der Waals surface area contributed by atoms with Crippen molar-refractivity contribution in [3.05, 3.63) is 29.8 Å². The molecule has 2 fully saturated rings. The molecule has 1 unspecified atom stereocenters.